The van der Waals surface area contributed by atoms with Crippen LogP contribution >= 0.6 is 0 Å². The number of fused-ring (bicyclic) bond motifs is 1. The zero-order chi connectivity index (χ0) is 24.8. The molecule has 4 rings (SSSR count). The molecule has 1 saturated heterocycles. The molecule has 2 aromatic heterocycles. The van der Waals surface area contributed by atoms with Gasteiger partial charge in [-0.2, -0.15) is 18.3 Å². The third-order valence-electron chi connectivity index (χ3n) is 5.83. The third-order valence-corrected chi connectivity index (χ3v) is 5.83. The second kappa shape index (κ2) is 8.75. The number of aromatic nitrogens is 3. The number of nitrogens with one attached hydrogen (secondary N) is 1. The van der Waals surface area contributed by atoms with E-state index in [4.69, 9.17) is 4.74 Å². The molecule has 0 bridgehead atoms. The first-order valence-corrected chi connectivity index (χ1v) is 10.6. The number of nitrogens with zero attached hydrogens (tertiary/aromatic N) is 4. The summed E-state index contributed by atoms with van der Waals surface area (Å²) in [5.74, 6) is -1.26. The first kappa shape index (κ1) is 23.7. The van der Waals surface area contributed by atoms with Crippen LogP contribution in [0, 0.1) is 5.82 Å². The van der Waals surface area contributed by atoms with E-state index in [1.54, 1.807) is 5.01 Å². The molecule has 2 atom stereocenters. The maximum atomic E-state index is 14.7. The molecule has 0 amide bonds. The van der Waals surface area contributed by atoms with Gasteiger partial charge in [-0.05, 0) is 19.9 Å². The minimum atomic E-state index is -4.84. The van der Waals surface area contributed by atoms with Crippen molar-refractivity contribution in [2.24, 2.45) is 7.05 Å². The Bertz CT molecular complexity index is 1350. The van der Waals surface area contributed by atoms with Crippen LogP contribution in [0.2, 0.25) is 0 Å². The highest BCUT2D eigenvalue weighted by Crippen LogP contribution is 2.34. The predicted octanol–water partition coefficient (Wildman–Crippen LogP) is 2.78. The summed E-state index contributed by atoms with van der Waals surface area (Å²) < 4.78 is 62.0. The van der Waals surface area contributed by atoms with Crippen LogP contribution in [0.15, 0.2) is 40.1 Å². The molecular formula is C22H23F4N5O3. The van der Waals surface area contributed by atoms with Crippen LogP contribution in [-0.4, -0.2) is 40.3 Å². The van der Waals surface area contributed by atoms with Crippen LogP contribution in [0.3, 0.4) is 0 Å². The van der Waals surface area contributed by atoms with E-state index in [1.807, 2.05) is 6.92 Å². The summed E-state index contributed by atoms with van der Waals surface area (Å²) in [5.41, 5.74) is -2.52. The summed E-state index contributed by atoms with van der Waals surface area (Å²) >= 11 is 0. The Hall–Kier alpha value is -3.41. The lowest BCUT2D eigenvalue weighted by molar-refractivity contribution is -0.140. The van der Waals surface area contributed by atoms with Gasteiger partial charge in [-0.1, -0.05) is 12.1 Å². The topological polar surface area (TPSA) is 81.4 Å². The van der Waals surface area contributed by atoms with Crippen molar-refractivity contribution < 1.29 is 22.3 Å². The van der Waals surface area contributed by atoms with Crippen molar-refractivity contribution >= 4 is 16.6 Å². The standard InChI is InChI=1S/C22H23F4N5O3/c1-12-11-34-8-7-30(12)31-10-16-15(9-18(31)32)21(33)29(3)28-20(16)27-13(2)14-5-4-6-17(19(14)23)22(24,25)26/h4-6,9-10,12-13H,7-8,11H2,1-3H3,(H,27,28)/t12?,13-/m1/s1. The lowest BCUT2D eigenvalue weighted by atomic mass is 10.0. The molecule has 1 aliphatic rings. The van der Waals surface area contributed by atoms with Gasteiger partial charge in [0.25, 0.3) is 11.1 Å². The minimum absolute atomic E-state index is 0.0823. The number of halogens is 4. The lowest BCUT2D eigenvalue weighted by Gasteiger charge is -2.36. The Morgan fingerprint density at radius 1 is 1.24 bits per heavy atom. The van der Waals surface area contributed by atoms with E-state index in [9.17, 15) is 27.2 Å². The van der Waals surface area contributed by atoms with Crippen LogP contribution in [0.5, 0.6) is 0 Å². The number of hydrogen-bond acceptors (Lipinski definition) is 6. The molecule has 3 aromatic rings. The van der Waals surface area contributed by atoms with E-state index in [0.717, 1.165) is 10.7 Å². The van der Waals surface area contributed by atoms with Gasteiger partial charge in [-0.25, -0.2) is 13.7 Å². The predicted molar refractivity (Wildman–Crippen MR) is 118 cm³/mol. The summed E-state index contributed by atoms with van der Waals surface area (Å²) in [5, 5.41) is 9.26. The van der Waals surface area contributed by atoms with Crippen LogP contribution in [0.25, 0.3) is 10.8 Å². The van der Waals surface area contributed by atoms with Crippen molar-refractivity contribution in [2.45, 2.75) is 32.1 Å². The second-order valence-electron chi connectivity index (χ2n) is 8.22. The quantitative estimate of drug-likeness (QED) is 0.578. The molecular weight excluding hydrogens is 458 g/mol. The van der Waals surface area contributed by atoms with Crippen LogP contribution in [0.4, 0.5) is 23.4 Å². The first-order valence-electron chi connectivity index (χ1n) is 10.6. The zero-order valence-corrected chi connectivity index (χ0v) is 18.7. The Labute approximate surface area is 191 Å². The highest BCUT2D eigenvalue weighted by molar-refractivity contribution is 5.90. The Balaban J connectivity index is 1.81. The van der Waals surface area contributed by atoms with Gasteiger partial charge >= 0.3 is 6.18 Å². The molecule has 1 N–H and O–H groups in total. The fraction of sp³-hybridized carbons (Fsp3) is 0.409. The highest BCUT2D eigenvalue weighted by Gasteiger charge is 2.35. The summed E-state index contributed by atoms with van der Waals surface area (Å²) in [7, 11) is 1.39. The van der Waals surface area contributed by atoms with Gasteiger partial charge in [0, 0.05) is 24.9 Å². The monoisotopic (exact) mass is 481 g/mol. The number of aryl methyl sites for hydroxylation is 1. The number of hydrogen-bond donors (Lipinski definition) is 1. The van der Waals surface area contributed by atoms with Crippen LogP contribution in [-0.2, 0) is 18.0 Å². The lowest BCUT2D eigenvalue weighted by Crippen LogP contribution is -2.53. The molecule has 0 aliphatic carbocycles. The molecule has 0 radical (unpaired) electrons. The van der Waals surface area contributed by atoms with Crippen molar-refractivity contribution in [1.82, 2.24) is 14.5 Å². The van der Waals surface area contributed by atoms with Crippen LogP contribution < -0.4 is 21.4 Å². The normalized spacial score (nSPS) is 17.7. The fourth-order valence-corrected chi connectivity index (χ4v) is 4.04. The van der Waals surface area contributed by atoms with E-state index in [0.29, 0.717) is 25.8 Å². The summed E-state index contributed by atoms with van der Waals surface area (Å²) in [6.45, 7) is 4.64. The summed E-state index contributed by atoms with van der Waals surface area (Å²) in [6, 6.07) is 3.20. The molecule has 1 unspecified atom stereocenters. The zero-order valence-electron chi connectivity index (χ0n) is 18.7. The molecule has 182 valence electrons. The first-order chi connectivity index (χ1) is 16.0. The van der Waals surface area contributed by atoms with E-state index in [2.05, 4.69) is 10.4 Å². The molecule has 34 heavy (non-hydrogen) atoms. The highest BCUT2D eigenvalue weighted by atomic mass is 19.4. The van der Waals surface area contributed by atoms with E-state index >= 15 is 0 Å². The van der Waals surface area contributed by atoms with E-state index in [1.165, 1.54) is 37.0 Å². The molecule has 1 aromatic carbocycles. The van der Waals surface area contributed by atoms with Crippen molar-refractivity contribution in [3.8, 4) is 0 Å². The number of alkyl halides is 3. The van der Waals surface area contributed by atoms with E-state index < -0.39 is 34.7 Å². The smallest absolute Gasteiger partial charge is 0.377 e. The van der Waals surface area contributed by atoms with Crippen molar-refractivity contribution in [3.05, 3.63) is 68.1 Å². The van der Waals surface area contributed by atoms with Gasteiger partial charge in [0.1, 0.15) is 5.82 Å². The van der Waals surface area contributed by atoms with E-state index in [-0.39, 0.29) is 28.2 Å². The van der Waals surface area contributed by atoms with Crippen molar-refractivity contribution in [1.29, 1.82) is 0 Å². The summed E-state index contributed by atoms with van der Waals surface area (Å²) in [6.07, 6.45) is -3.38. The Kier molecular flexibility index (Phi) is 6.11. The maximum absolute atomic E-state index is 14.7. The molecule has 8 nitrogen and oxygen atoms in total. The van der Waals surface area contributed by atoms with Gasteiger partial charge < -0.3 is 15.1 Å². The minimum Gasteiger partial charge on any atom is -0.377 e. The van der Waals surface area contributed by atoms with Gasteiger partial charge in [0.15, 0.2) is 5.82 Å². The molecule has 0 spiro atoms. The molecule has 1 fully saturated rings. The van der Waals surface area contributed by atoms with Crippen molar-refractivity contribution in [3.63, 3.8) is 0 Å². The van der Waals surface area contributed by atoms with Crippen LogP contribution in [0.1, 0.15) is 31.0 Å². The molecule has 0 saturated carbocycles. The van der Waals surface area contributed by atoms with Gasteiger partial charge in [0.2, 0.25) is 0 Å². The summed E-state index contributed by atoms with van der Waals surface area (Å²) in [4.78, 5) is 25.5. The number of anilines is 1. The SMILES string of the molecule is CC1COCCN1n1cc2c(N[C@H](C)c3cccc(C(F)(F)F)c3F)nn(C)c(=O)c2cc1=O. The van der Waals surface area contributed by atoms with Crippen molar-refractivity contribution in [2.75, 3.05) is 30.1 Å². The number of rotatable bonds is 4. The maximum Gasteiger partial charge on any atom is 0.419 e. The molecule has 3 heterocycles. The number of pyridine rings is 1. The molecule has 12 heteroatoms. The average molecular weight is 481 g/mol. The number of ether oxygens (including phenoxy) is 1. The molecule has 1 aliphatic heterocycles. The fourth-order valence-electron chi connectivity index (χ4n) is 4.04. The number of morpholine rings is 1. The van der Waals surface area contributed by atoms with Gasteiger partial charge in [0.05, 0.1) is 48.2 Å². The third kappa shape index (κ3) is 4.25. The average Bonchev–Trinajstić information content (AvgIpc) is 2.77. The van der Waals surface area contributed by atoms with Gasteiger partial charge in [-0.3, -0.25) is 9.59 Å². The number of benzene rings is 1. The largest absolute Gasteiger partial charge is 0.419 e. The Morgan fingerprint density at radius 3 is 2.65 bits per heavy atom. The Morgan fingerprint density at radius 2 is 1.97 bits per heavy atom. The van der Waals surface area contributed by atoms with Gasteiger partial charge in [-0.15, -0.1) is 0 Å². The second-order valence-corrected chi connectivity index (χ2v) is 8.22.